The van der Waals surface area contributed by atoms with Gasteiger partial charge in [0, 0.05) is 6.42 Å². The molecule has 26 heavy (non-hydrogen) atoms. The van der Waals surface area contributed by atoms with Crippen molar-refractivity contribution in [2.45, 2.75) is 70.2 Å². The summed E-state index contributed by atoms with van der Waals surface area (Å²) in [6, 6.07) is 0. The number of hydrogen-bond donors (Lipinski definition) is 5. The van der Waals surface area contributed by atoms with E-state index < -0.39 is 18.3 Å². The molecule has 2 aromatic rings. The van der Waals surface area contributed by atoms with Crippen LogP contribution in [0.25, 0.3) is 11.4 Å². The van der Waals surface area contributed by atoms with Gasteiger partial charge in [-0.2, -0.15) is 0 Å². The van der Waals surface area contributed by atoms with Crippen LogP contribution in [0.2, 0.25) is 0 Å². The Kier molecular flexibility index (Phi) is 7.89. The van der Waals surface area contributed by atoms with Crippen molar-refractivity contribution in [3.63, 3.8) is 0 Å². The molecule has 0 aromatic carbocycles. The Hall–Kier alpha value is -2.10. The van der Waals surface area contributed by atoms with Gasteiger partial charge in [-0.15, -0.1) is 16.8 Å². The van der Waals surface area contributed by atoms with E-state index in [1.54, 1.807) is 0 Å². The molecule has 0 fully saturated rings. The maximum Gasteiger partial charge on any atom is 0.124 e. The fourth-order valence-electron chi connectivity index (χ4n) is 2.82. The van der Waals surface area contributed by atoms with Crippen molar-refractivity contribution in [3.8, 4) is 11.4 Å². The fourth-order valence-corrected chi connectivity index (χ4v) is 2.82. The van der Waals surface area contributed by atoms with Crippen molar-refractivity contribution in [2.75, 3.05) is 0 Å². The summed E-state index contributed by atoms with van der Waals surface area (Å²) in [5.74, 6) is 0. The number of nitrogens with one attached hydrogen (secondary N) is 2. The second-order valence-electron chi connectivity index (χ2n) is 6.43. The highest BCUT2D eigenvalue weighted by molar-refractivity contribution is 5.59. The van der Waals surface area contributed by atoms with E-state index in [1.165, 1.54) is 18.9 Å². The maximum atomic E-state index is 10.3. The molecule has 0 aliphatic carbocycles. The Bertz CT molecular complexity index is 671. The Morgan fingerprint density at radius 3 is 2.38 bits per heavy atom. The van der Waals surface area contributed by atoms with Gasteiger partial charge in [0.25, 0.3) is 0 Å². The summed E-state index contributed by atoms with van der Waals surface area (Å²) in [5.41, 5.74) is 1.66. The molecule has 0 saturated heterocycles. The zero-order valence-electron chi connectivity index (χ0n) is 15.1. The predicted octanol–water partition coefficient (Wildman–Crippen LogP) is 1.43. The van der Waals surface area contributed by atoms with Crippen molar-refractivity contribution in [2.24, 2.45) is 0 Å². The van der Waals surface area contributed by atoms with Crippen LogP contribution in [0.3, 0.4) is 0 Å². The molecule has 9 nitrogen and oxygen atoms in total. The third kappa shape index (κ3) is 5.20. The number of rotatable bonds is 12. The number of aromatic nitrogens is 6. The lowest BCUT2D eigenvalue weighted by atomic mass is 10.00. The minimum Gasteiger partial charge on any atom is -0.390 e. The lowest BCUT2D eigenvalue weighted by Crippen LogP contribution is -2.28. The molecule has 2 rings (SSSR count). The summed E-state index contributed by atoms with van der Waals surface area (Å²) in [5, 5.41) is 51.1. The summed E-state index contributed by atoms with van der Waals surface area (Å²) in [4.78, 5) is 0. The summed E-state index contributed by atoms with van der Waals surface area (Å²) in [7, 11) is 0. The SMILES string of the molecule is C=C[C@@H](O)c1nn[nH]c1-c1[nH]nnc1C[C@@H](O)[C@H](O)CCCCCCC. The number of aromatic amines is 2. The maximum absolute atomic E-state index is 10.3. The van der Waals surface area contributed by atoms with Gasteiger partial charge in [-0.25, -0.2) is 0 Å². The first-order valence-corrected chi connectivity index (χ1v) is 9.06. The third-order valence-corrected chi connectivity index (χ3v) is 4.40. The average molecular weight is 364 g/mol. The Morgan fingerprint density at radius 1 is 0.962 bits per heavy atom. The van der Waals surface area contributed by atoms with Crippen LogP contribution in [0.4, 0.5) is 0 Å². The van der Waals surface area contributed by atoms with Gasteiger partial charge in [0.05, 0.1) is 17.9 Å². The molecule has 5 N–H and O–H groups in total. The second-order valence-corrected chi connectivity index (χ2v) is 6.43. The van der Waals surface area contributed by atoms with E-state index in [4.69, 9.17) is 0 Å². The van der Waals surface area contributed by atoms with Crippen molar-refractivity contribution in [3.05, 3.63) is 24.0 Å². The minimum absolute atomic E-state index is 0.130. The molecule has 0 aliphatic heterocycles. The van der Waals surface area contributed by atoms with E-state index in [0.29, 0.717) is 29.2 Å². The van der Waals surface area contributed by atoms with Gasteiger partial charge in [0.15, 0.2) is 0 Å². The lowest BCUT2D eigenvalue weighted by molar-refractivity contribution is 0.0132. The van der Waals surface area contributed by atoms with E-state index in [2.05, 4.69) is 44.3 Å². The molecule has 3 atom stereocenters. The lowest BCUT2D eigenvalue weighted by Gasteiger charge is -2.17. The van der Waals surface area contributed by atoms with E-state index >= 15 is 0 Å². The quantitative estimate of drug-likeness (QED) is 0.283. The van der Waals surface area contributed by atoms with E-state index in [-0.39, 0.29) is 6.42 Å². The van der Waals surface area contributed by atoms with Crippen LogP contribution in [0.1, 0.15) is 62.9 Å². The molecule has 2 heterocycles. The highest BCUT2D eigenvalue weighted by Gasteiger charge is 2.24. The zero-order chi connectivity index (χ0) is 18.9. The number of nitrogens with zero attached hydrogens (tertiary/aromatic N) is 4. The van der Waals surface area contributed by atoms with Gasteiger partial charge in [-0.3, -0.25) is 10.2 Å². The minimum atomic E-state index is -0.987. The van der Waals surface area contributed by atoms with Crippen molar-refractivity contribution in [1.29, 1.82) is 0 Å². The Balaban J connectivity index is 1.98. The Morgan fingerprint density at radius 2 is 1.65 bits per heavy atom. The first-order valence-electron chi connectivity index (χ1n) is 9.06. The van der Waals surface area contributed by atoms with Crippen LogP contribution in [0.5, 0.6) is 0 Å². The van der Waals surface area contributed by atoms with Gasteiger partial charge in [-0.1, -0.05) is 55.5 Å². The number of aliphatic hydroxyl groups is 3. The standard InChI is InChI=1S/C17H28N6O3/c1-3-5-6-7-8-9-13(25)14(26)10-11-15(19-22-18-11)17-16(12(24)4-2)20-23-21-17/h4,12-14,24-26H,2-3,5-10H2,1H3,(H,18,19,22)(H,20,21,23)/t12-,13-,14-/m1/s1. The van der Waals surface area contributed by atoms with Gasteiger partial charge in [0.1, 0.15) is 23.2 Å². The topological polar surface area (TPSA) is 144 Å². The molecule has 0 aliphatic rings. The second kappa shape index (κ2) is 10.1. The molecule has 0 unspecified atom stereocenters. The number of hydrogen-bond acceptors (Lipinski definition) is 7. The van der Waals surface area contributed by atoms with Gasteiger partial charge < -0.3 is 15.3 Å². The smallest absolute Gasteiger partial charge is 0.124 e. The van der Waals surface area contributed by atoms with Gasteiger partial charge in [0.2, 0.25) is 0 Å². The van der Waals surface area contributed by atoms with Gasteiger partial charge in [-0.05, 0) is 6.42 Å². The summed E-state index contributed by atoms with van der Waals surface area (Å²) in [6.07, 6.45) is 4.69. The normalized spacial score (nSPS) is 14.9. The van der Waals surface area contributed by atoms with Gasteiger partial charge >= 0.3 is 0 Å². The van der Waals surface area contributed by atoms with Crippen LogP contribution < -0.4 is 0 Å². The number of aliphatic hydroxyl groups excluding tert-OH is 3. The monoisotopic (exact) mass is 364 g/mol. The van der Waals surface area contributed by atoms with Crippen molar-refractivity contribution < 1.29 is 15.3 Å². The van der Waals surface area contributed by atoms with Crippen LogP contribution in [0, 0.1) is 0 Å². The highest BCUT2D eigenvalue weighted by atomic mass is 16.3. The van der Waals surface area contributed by atoms with E-state index in [9.17, 15) is 15.3 Å². The molecule has 0 amide bonds. The fraction of sp³-hybridized carbons (Fsp3) is 0.647. The first kappa shape index (κ1) is 20.2. The summed E-state index contributed by atoms with van der Waals surface area (Å²) in [6.45, 7) is 5.69. The number of unbranched alkanes of at least 4 members (excludes halogenated alkanes) is 4. The third-order valence-electron chi connectivity index (χ3n) is 4.40. The predicted molar refractivity (Wildman–Crippen MR) is 96.0 cm³/mol. The Labute approximate surface area is 152 Å². The summed E-state index contributed by atoms with van der Waals surface area (Å²) >= 11 is 0. The van der Waals surface area contributed by atoms with Crippen LogP contribution in [0.15, 0.2) is 12.7 Å². The molecule has 0 saturated carbocycles. The molecule has 2 aromatic heterocycles. The van der Waals surface area contributed by atoms with Crippen LogP contribution in [-0.4, -0.2) is 58.3 Å². The molecule has 9 heteroatoms. The number of H-pyrrole nitrogens is 2. The molecule has 0 radical (unpaired) electrons. The molecule has 0 bridgehead atoms. The molecule has 144 valence electrons. The van der Waals surface area contributed by atoms with Crippen LogP contribution in [-0.2, 0) is 6.42 Å². The van der Waals surface area contributed by atoms with E-state index in [1.807, 2.05) is 0 Å². The highest BCUT2D eigenvalue weighted by Crippen LogP contribution is 2.26. The van der Waals surface area contributed by atoms with E-state index in [0.717, 1.165) is 19.3 Å². The molecular formula is C17H28N6O3. The average Bonchev–Trinajstić information content (AvgIpc) is 3.29. The van der Waals surface area contributed by atoms with Crippen LogP contribution >= 0.6 is 0 Å². The zero-order valence-corrected chi connectivity index (χ0v) is 15.1. The molecular weight excluding hydrogens is 336 g/mol. The van der Waals surface area contributed by atoms with Crippen molar-refractivity contribution >= 4 is 0 Å². The molecule has 0 spiro atoms. The largest absolute Gasteiger partial charge is 0.390 e. The first-order chi connectivity index (χ1) is 12.6. The van der Waals surface area contributed by atoms with Crippen molar-refractivity contribution in [1.82, 2.24) is 30.8 Å². The summed E-state index contributed by atoms with van der Waals surface area (Å²) < 4.78 is 0.